The van der Waals surface area contributed by atoms with Gasteiger partial charge in [0.05, 0.1) is 0 Å². The molecule has 0 saturated carbocycles. The van der Waals surface area contributed by atoms with Gasteiger partial charge < -0.3 is 10.2 Å². The predicted octanol–water partition coefficient (Wildman–Crippen LogP) is 1.70. The number of amides is 1. The summed E-state index contributed by atoms with van der Waals surface area (Å²) in [6.07, 6.45) is 1.95. The lowest BCUT2D eigenvalue weighted by Gasteiger charge is -2.39. The SMILES string of the molecule is CCC1CN(C(=O)c2n[nH]c(C(C)(C)C)n2)C(CC)CN1. The Morgan fingerprint density at radius 2 is 2.05 bits per heavy atom. The number of aromatic amines is 1. The third-order valence-corrected chi connectivity index (χ3v) is 4.11. The second-order valence-corrected chi connectivity index (χ2v) is 6.79. The van der Waals surface area contributed by atoms with Crippen molar-refractivity contribution in [2.45, 2.75) is 65.0 Å². The number of piperazine rings is 1. The summed E-state index contributed by atoms with van der Waals surface area (Å²) in [4.78, 5) is 19.1. The van der Waals surface area contributed by atoms with Gasteiger partial charge in [-0.15, -0.1) is 5.10 Å². The molecule has 1 saturated heterocycles. The van der Waals surface area contributed by atoms with E-state index >= 15 is 0 Å². The molecule has 2 rings (SSSR count). The van der Waals surface area contributed by atoms with E-state index in [1.165, 1.54) is 0 Å². The van der Waals surface area contributed by atoms with Gasteiger partial charge >= 0.3 is 0 Å². The molecule has 2 atom stereocenters. The van der Waals surface area contributed by atoms with Crippen LogP contribution in [0.1, 0.15) is 63.9 Å². The summed E-state index contributed by atoms with van der Waals surface area (Å²) in [5, 5.41) is 10.5. The van der Waals surface area contributed by atoms with Crippen molar-refractivity contribution in [2.75, 3.05) is 13.1 Å². The van der Waals surface area contributed by atoms with E-state index in [2.05, 4.69) is 55.1 Å². The van der Waals surface area contributed by atoms with Crippen molar-refractivity contribution in [2.24, 2.45) is 0 Å². The van der Waals surface area contributed by atoms with Crippen LogP contribution in [0, 0.1) is 0 Å². The second kappa shape index (κ2) is 6.13. The van der Waals surface area contributed by atoms with Crippen LogP contribution in [0.2, 0.25) is 0 Å². The van der Waals surface area contributed by atoms with Gasteiger partial charge in [0.1, 0.15) is 5.82 Å². The highest BCUT2D eigenvalue weighted by Crippen LogP contribution is 2.19. The molecule has 6 nitrogen and oxygen atoms in total. The Bertz CT molecular complexity index is 490. The molecule has 1 aliphatic rings. The van der Waals surface area contributed by atoms with Crippen LogP contribution in [-0.4, -0.2) is 51.2 Å². The molecule has 1 aromatic rings. The Morgan fingerprint density at radius 3 is 2.57 bits per heavy atom. The van der Waals surface area contributed by atoms with Gasteiger partial charge in [0.25, 0.3) is 5.91 Å². The average Bonchev–Trinajstić information content (AvgIpc) is 2.95. The first-order valence-electron chi connectivity index (χ1n) is 7.84. The van der Waals surface area contributed by atoms with Crippen LogP contribution in [0.25, 0.3) is 0 Å². The minimum atomic E-state index is -0.134. The number of nitrogens with one attached hydrogen (secondary N) is 2. The summed E-state index contributed by atoms with van der Waals surface area (Å²) in [6.45, 7) is 12.0. The number of rotatable bonds is 3. The molecular weight excluding hydrogens is 266 g/mol. The number of carbonyl (C=O) groups is 1. The topological polar surface area (TPSA) is 73.9 Å². The molecule has 118 valence electrons. The zero-order valence-electron chi connectivity index (χ0n) is 13.7. The highest BCUT2D eigenvalue weighted by atomic mass is 16.2. The lowest BCUT2D eigenvalue weighted by atomic mass is 9.96. The first-order valence-corrected chi connectivity index (χ1v) is 7.84. The van der Waals surface area contributed by atoms with Gasteiger partial charge in [-0.1, -0.05) is 34.6 Å². The van der Waals surface area contributed by atoms with Crippen molar-refractivity contribution in [3.05, 3.63) is 11.6 Å². The Labute approximate surface area is 126 Å². The number of hydrogen-bond acceptors (Lipinski definition) is 4. The Balaban J connectivity index is 2.18. The molecule has 1 aliphatic heterocycles. The minimum Gasteiger partial charge on any atom is -0.330 e. The van der Waals surface area contributed by atoms with E-state index < -0.39 is 0 Å². The van der Waals surface area contributed by atoms with Crippen LogP contribution in [0.4, 0.5) is 0 Å². The third kappa shape index (κ3) is 3.43. The molecule has 0 aromatic carbocycles. The quantitative estimate of drug-likeness (QED) is 0.889. The number of H-pyrrole nitrogens is 1. The summed E-state index contributed by atoms with van der Waals surface area (Å²) < 4.78 is 0. The van der Waals surface area contributed by atoms with Crippen LogP contribution >= 0.6 is 0 Å². The highest BCUT2D eigenvalue weighted by molar-refractivity contribution is 5.90. The largest absolute Gasteiger partial charge is 0.330 e. The van der Waals surface area contributed by atoms with E-state index in [0.29, 0.717) is 6.04 Å². The molecular formula is C15H27N5O. The lowest BCUT2D eigenvalue weighted by molar-refractivity contribution is 0.0563. The molecule has 21 heavy (non-hydrogen) atoms. The average molecular weight is 293 g/mol. The molecule has 2 heterocycles. The molecule has 2 unspecified atom stereocenters. The summed E-state index contributed by atoms with van der Waals surface area (Å²) in [5.41, 5.74) is -0.134. The molecule has 0 bridgehead atoms. The van der Waals surface area contributed by atoms with Crippen LogP contribution in [0.3, 0.4) is 0 Å². The monoisotopic (exact) mass is 293 g/mol. The first kappa shape index (κ1) is 15.9. The zero-order valence-corrected chi connectivity index (χ0v) is 13.7. The third-order valence-electron chi connectivity index (χ3n) is 4.11. The second-order valence-electron chi connectivity index (χ2n) is 6.79. The van der Waals surface area contributed by atoms with Gasteiger partial charge in [-0.25, -0.2) is 4.98 Å². The Morgan fingerprint density at radius 1 is 1.33 bits per heavy atom. The van der Waals surface area contributed by atoms with Gasteiger partial charge in [0, 0.05) is 30.6 Å². The fraction of sp³-hybridized carbons (Fsp3) is 0.800. The van der Waals surface area contributed by atoms with Gasteiger partial charge in [-0.3, -0.25) is 9.89 Å². The Hall–Kier alpha value is -1.43. The van der Waals surface area contributed by atoms with Crippen LogP contribution in [-0.2, 0) is 5.41 Å². The maximum atomic E-state index is 12.7. The van der Waals surface area contributed by atoms with E-state index in [-0.39, 0.29) is 23.2 Å². The van der Waals surface area contributed by atoms with E-state index in [4.69, 9.17) is 0 Å². The maximum Gasteiger partial charge on any atom is 0.293 e. The maximum absolute atomic E-state index is 12.7. The zero-order chi connectivity index (χ0) is 15.6. The smallest absolute Gasteiger partial charge is 0.293 e. The van der Waals surface area contributed by atoms with Crippen molar-refractivity contribution in [3.8, 4) is 0 Å². The number of aromatic nitrogens is 3. The standard InChI is InChI=1S/C15H27N5O/c1-6-10-9-20(11(7-2)8-16-10)13(21)12-17-14(19-18-12)15(3,4)5/h10-11,16H,6-9H2,1-5H3,(H,17,18,19). The molecule has 0 spiro atoms. The van der Waals surface area contributed by atoms with Crippen molar-refractivity contribution < 1.29 is 4.79 Å². The molecule has 2 N–H and O–H groups in total. The fourth-order valence-corrected chi connectivity index (χ4v) is 2.57. The van der Waals surface area contributed by atoms with Gasteiger partial charge in [-0.2, -0.15) is 0 Å². The van der Waals surface area contributed by atoms with E-state index in [9.17, 15) is 4.79 Å². The van der Waals surface area contributed by atoms with Gasteiger partial charge in [-0.05, 0) is 12.8 Å². The number of hydrogen-bond donors (Lipinski definition) is 2. The van der Waals surface area contributed by atoms with E-state index in [0.717, 1.165) is 31.8 Å². The minimum absolute atomic E-state index is 0.0615. The summed E-state index contributed by atoms with van der Waals surface area (Å²) in [5.74, 6) is 0.977. The van der Waals surface area contributed by atoms with Crippen LogP contribution in [0.5, 0.6) is 0 Å². The summed E-state index contributed by atoms with van der Waals surface area (Å²) in [7, 11) is 0. The highest BCUT2D eigenvalue weighted by Gasteiger charge is 2.32. The normalized spacial score (nSPS) is 23.4. The summed E-state index contributed by atoms with van der Waals surface area (Å²) in [6, 6.07) is 0.578. The van der Waals surface area contributed by atoms with Gasteiger partial charge in [0.2, 0.25) is 5.82 Å². The Kier molecular flexibility index (Phi) is 4.66. The van der Waals surface area contributed by atoms with Crippen LogP contribution < -0.4 is 5.32 Å². The van der Waals surface area contributed by atoms with Crippen molar-refractivity contribution >= 4 is 5.91 Å². The lowest BCUT2D eigenvalue weighted by Crippen LogP contribution is -2.58. The van der Waals surface area contributed by atoms with Gasteiger partial charge in [0.15, 0.2) is 0 Å². The van der Waals surface area contributed by atoms with Crippen molar-refractivity contribution in [3.63, 3.8) is 0 Å². The van der Waals surface area contributed by atoms with E-state index in [1.807, 2.05) is 4.90 Å². The van der Waals surface area contributed by atoms with Crippen LogP contribution in [0.15, 0.2) is 0 Å². The molecule has 0 radical (unpaired) electrons. The fourth-order valence-electron chi connectivity index (χ4n) is 2.57. The van der Waals surface area contributed by atoms with E-state index in [1.54, 1.807) is 0 Å². The number of nitrogens with zero attached hydrogens (tertiary/aromatic N) is 3. The molecule has 1 amide bonds. The molecule has 1 aromatic heterocycles. The summed E-state index contributed by atoms with van der Waals surface area (Å²) >= 11 is 0. The number of carbonyl (C=O) groups excluding carboxylic acids is 1. The molecule has 0 aliphatic carbocycles. The predicted molar refractivity (Wildman–Crippen MR) is 82.3 cm³/mol. The molecule has 1 fully saturated rings. The first-order chi connectivity index (χ1) is 9.86. The molecule has 6 heteroatoms. The van der Waals surface area contributed by atoms with Crippen molar-refractivity contribution in [1.82, 2.24) is 25.4 Å². The van der Waals surface area contributed by atoms with Crippen molar-refractivity contribution in [1.29, 1.82) is 0 Å².